The summed E-state index contributed by atoms with van der Waals surface area (Å²) in [6.07, 6.45) is 0. The quantitative estimate of drug-likeness (QED) is 0.161. The third-order valence-corrected chi connectivity index (χ3v) is 12.4. The molecular weight excluding hydrogens is 779 g/mol. The van der Waals surface area contributed by atoms with Crippen LogP contribution in [0.4, 0.5) is 0 Å². The van der Waals surface area contributed by atoms with Crippen molar-refractivity contribution in [2.24, 2.45) is 0 Å². The van der Waals surface area contributed by atoms with E-state index in [1.54, 1.807) is 0 Å². The number of para-hydroxylation sites is 3. The molecule has 3 aromatic heterocycles. The van der Waals surface area contributed by atoms with E-state index in [-0.39, 0.29) is 0 Å². The lowest BCUT2D eigenvalue weighted by Crippen LogP contribution is -1.96. The number of rotatable bonds is 7. The number of nitriles is 1. The van der Waals surface area contributed by atoms with E-state index in [4.69, 9.17) is 9.97 Å². The molecule has 0 fully saturated rings. The molecule has 0 unspecified atom stereocenters. The van der Waals surface area contributed by atoms with Gasteiger partial charge in [0.1, 0.15) is 0 Å². The fourth-order valence-corrected chi connectivity index (χ4v) is 9.34. The average Bonchev–Trinajstić information content (AvgIpc) is 3.89. The zero-order chi connectivity index (χ0) is 42.6. The molecule has 3 heterocycles. The third kappa shape index (κ3) is 6.24. The molecule has 298 valence electrons. The van der Waals surface area contributed by atoms with Gasteiger partial charge in [0, 0.05) is 49.6 Å². The highest BCUT2D eigenvalue weighted by Gasteiger charge is 2.17. The van der Waals surface area contributed by atoms with Crippen LogP contribution in [0, 0.1) is 11.3 Å². The number of hydrogen-bond acceptors (Lipinski definition) is 3. The highest BCUT2D eigenvalue weighted by atomic mass is 15.0. The van der Waals surface area contributed by atoms with Gasteiger partial charge in [-0.2, -0.15) is 5.26 Å². The van der Waals surface area contributed by atoms with Crippen LogP contribution in [0.25, 0.3) is 111 Å². The van der Waals surface area contributed by atoms with Gasteiger partial charge in [-0.3, -0.25) is 0 Å². The minimum Gasteiger partial charge on any atom is -0.309 e. The van der Waals surface area contributed by atoms with Gasteiger partial charge in [0.15, 0.2) is 5.82 Å². The molecule has 0 aliphatic rings. The SMILES string of the molecule is N#Cc1cc(-c2ccc(-c3cc(-c4ccccc4)nc(-c4ccccc4)n3)cc2)ccc1-c1ccc(-n2c3ccccc3c3cc(-n4c5ccccc5c5ccccc54)ccc32)cc1. The number of nitrogens with zero attached hydrogens (tertiary/aromatic N) is 5. The van der Waals surface area contributed by atoms with Crippen molar-refractivity contribution >= 4 is 43.6 Å². The maximum atomic E-state index is 10.5. The van der Waals surface area contributed by atoms with Crippen LogP contribution in [0.2, 0.25) is 0 Å². The summed E-state index contributed by atoms with van der Waals surface area (Å²) in [5, 5.41) is 15.4. The van der Waals surface area contributed by atoms with Gasteiger partial charge in [0.25, 0.3) is 0 Å². The lowest BCUT2D eigenvalue weighted by molar-refractivity contribution is 1.17. The Balaban J connectivity index is 0.864. The first-order chi connectivity index (χ1) is 31.7. The van der Waals surface area contributed by atoms with Gasteiger partial charge in [0.05, 0.1) is 45.1 Å². The Morgan fingerprint density at radius 3 is 1.39 bits per heavy atom. The topological polar surface area (TPSA) is 59.4 Å². The zero-order valence-electron chi connectivity index (χ0n) is 34.6. The second-order valence-electron chi connectivity index (χ2n) is 16.1. The number of hydrogen-bond donors (Lipinski definition) is 0. The molecule has 0 saturated heterocycles. The van der Waals surface area contributed by atoms with Gasteiger partial charge in [0.2, 0.25) is 0 Å². The Bertz CT molecular complexity index is 3650. The molecule has 0 atom stereocenters. The minimum atomic E-state index is 0.625. The van der Waals surface area contributed by atoms with Gasteiger partial charge in [-0.15, -0.1) is 0 Å². The van der Waals surface area contributed by atoms with Gasteiger partial charge >= 0.3 is 0 Å². The van der Waals surface area contributed by atoms with Crippen LogP contribution in [-0.4, -0.2) is 19.1 Å². The predicted molar refractivity (Wildman–Crippen MR) is 263 cm³/mol. The van der Waals surface area contributed by atoms with Crippen molar-refractivity contribution in [3.05, 3.63) is 230 Å². The summed E-state index contributed by atoms with van der Waals surface area (Å²) >= 11 is 0. The molecule has 0 N–H and O–H groups in total. The summed E-state index contributed by atoms with van der Waals surface area (Å²) in [6.45, 7) is 0. The van der Waals surface area contributed by atoms with E-state index in [9.17, 15) is 5.26 Å². The Labute approximate surface area is 370 Å². The van der Waals surface area contributed by atoms with Crippen molar-refractivity contribution in [3.63, 3.8) is 0 Å². The van der Waals surface area contributed by atoms with Crippen LogP contribution in [-0.2, 0) is 0 Å². The molecule has 0 radical (unpaired) electrons. The van der Waals surface area contributed by atoms with Crippen LogP contribution in [0.1, 0.15) is 5.56 Å². The molecule has 0 bridgehead atoms. The molecule has 12 rings (SSSR count). The first-order valence-electron chi connectivity index (χ1n) is 21.5. The highest BCUT2D eigenvalue weighted by Crippen LogP contribution is 2.38. The van der Waals surface area contributed by atoms with Crippen LogP contribution >= 0.6 is 0 Å². The summed E-state index contributed by atoms with van der Waals surface area (Å²) in [5.74, 6) is 0.684. The Hall–Kier alpha value is -8.85. The second kappa shape index (κ2) is 15.3. The van der Waals surface area contributed by atoms with E-state index in [1.807, 2.05) is 54.6 Å². The maximum Gasteiger partial charge on any atom is 0.160 e. The first kappa shape index (κ1) is 37.0. The third-order valence-electron chi connectivity index (χ3n) is 12.4. The van der Waals surface area contributed by atoms with Crippen molar-refractivity contribution in [3.8, 4) is 73.6 Å². The Morgan fingerprint density at radius 1 is 0.328 bits per heavy atom. The average molecular weight is 816 g/mol. The second-order valence-corrected chi connectivity index (χ2v) is 16.1. The monoisotopic (exact) mass is 815 g/mol. The van der Waals surface area contributed by atoms with Crippen LogP contribution < -0.4 is 0 Å². The maximum absolute atomic E-state index is 10.5. The van der Waals surface area contributed by atoms with Gasteiger partial charge in [-0.05, 0) is 82.9 Å². The lowest BCUT2D eigenvalue weighted by Gasteiger charge is -2.12. The minimum absolute atomic E-state index is 0.625. The first-order valence-corrected chi connectivity index (χ1v) is 21.5. The van der Waals surface area contributed by atoms with Crippen molar-refractivity contribution < 1.29 is 0 Å². The highest BCUT2D eigenvalue weighted by molar-refractivity contribution is 6.12. The van der Waals surface area contributed by atoms with E-state index in [0.717, 1.165) is 72.7 Å². The van der Waals surface area contributed by atoms with Crippen molar-refractivity contribution in [1.29, 1.82) is 5.26 Å². The summed E-state index contributed by atoms with van der Waals surface area (Å²) < 4.78 is 4.72. The van der Waals surface area contributed by atoms with Crippen molar-refractivity contribution in [1.82, 2.24) is 19.1 Å². The fourth-order valence-electron chi connectivity index (χ4n) is 9.34. The normalized spacial score (nSPS) is 11.4. The van der Waals surface area contributed by atoms with Gasteiger partial charge in [-0.1, -0.05) is 164 Å². The molecule has 0 aliphatic heterocycles. The van der Waals surface area contributed by atoms with Crippen LogP contribution in [0.3, 0.4) is 0 Å². The zero-order valence-corrected chi connectivity index (χ0v) is 34.6. The van der Waals surface area contributed by atoms with E-state index in [0.29, 0.717) is 11.4 Å². The Morgan fingerprint density at radius 2 is 0.781 bits per heavy atom. The number of benzene rings is 9. The molecule has 5 heteroatoms. The molecular formula is C59H37N5. The molecule has 12 aromatic rings. The van der Waals surface area contributed by atoms with Gasteiger partial charge in [-0.25, -0.2) is 9.97 Å². The summed E-state index contributed by atoms with van der Waals surface area (Å²) in [7, 11) is 0. The van der Waals surface area contributed by atoms with Gasteiger partial charge < -0.3 is 9.13 Å². The Kier molecular flexibility index (Phi) is 8.81. The van der Waals surface area contributed by atoms with Crippen LogP contribution in [0.15, 0.2) is 224 Å². The molecule has 0 spiro atoms. The van der Waals surface area contributed by atoms with E-state index < -0.39 is 0 Å². The van der Waals surface area contributed by atoms with Crippen molar-refractivity contribution in [2.45, 2.75) is 0 Å². The number of aromatic nitrogens is 4. The number of fused-ring (bicyclic) bond motifs is 6. The molecule has 9 aromatic carbocycles. The van der Waals surface area contributed by atoms with Crippen LogP contribution in [0.5, 0.6) is 0 Å². The van der Waals surface area contributed by atoms with E-state index in [2.05, 4.69) is 185 Å². The van der Waals surface area contributed by atoms with E-state index in [1.165, 1.54) is 32.6 Å². The largest absolute Gasteiger partial charge is 0.309 e. The molecule has 0 aliphatic carbocycles. The summed E-state index contributed by atoms with van der Waals surface area (Å²) in [4.78, 5) is 9.94. The summed E-state index contributed by atoms with van der Waals surface area (Å²) in [5.41, 5.74) is 16.1. The molecule has 0 amide bonds. The molecule has 0 saturated carbocycles. The molecule has 64 heavy (non-hydrogen) atoms. The molecule has 5 nitrogen and oxygen atoms in total. The van der Waals surface area contributed by atoms with Crippen molar-refractivity contribution in [2.75, 3.05) is 0 Å². The lowest BCUT2D eigenvalue weighted by atomic mass is 9.94. The van der Waals surface area contributed by atoms with E-state index >= 15 is 0 Å². The standard InChI is InChI=1S/C59H37N5/c60-38-45-35-44(39-23-25-42(26-24-39)54-37-53(41-13-3-1-4-14-41)61-59(62-54)43-15-5-2-6-16-43)29-33-48(45)40-27-30-46(31-28-40)63-57-22-12-9-19-51(57)52-36-47(32-34-58(52)63)64-55-20-10-7-17-49(55)50-18-8-11-21-56(50)64/h1-37H. The fraction of sp³-hybridized carbons (Fsp3) is 0. The predicted octanol–water partition coefficient (Wildman–Crippen LogP) is 14.9. The smallest absolute Gasteiger partial charge is 0.160 e. The summed E-state index contributed by atoms with van der Waals surface area (Å²) in [6, 6.07) is 80.7.